The second-order valence-electron chi connectivity index (χ2n) is 11.0. The lowest BCUT2D eigenvalue weighted by Crippen LogP contribution is -2.47. The molecular weight excluding hydrogens is 508 g/mol. The van der Waals surface area contributed by atoms with Gasteiger partial charge in [0, 0.05) is 56.6 Å². The van der Waals surface area contributed by atoms with Crippen LogP contribution in [0, 0.1) is 5.92 Å². The molecule has 0 unspecified atom stereocenters. The summed E-state index contributed by atoms with van der Waals surface area (Å²) in [5.41, 5.74) is 5.63. The molecule has 0 radical (unpaired) electrons. The summed E-state index contributed by atoms with van der Waals surface area (Å²) in [6, 6.07) is 32.7. The summed E-state index contributed by atoms with van der Waals surface area (Å²) in [5, 5.41) is 2.99. The molecule has 0 atom stereocenters. The second kappa shape index (κ2) is 12.8. The lowest BCUT2D eigenvalue weighted by molar-refractivity contribution is 0.0991. The maximum Gasteiger partial charge on any atom is 0.258 e. The number of benzene rings is 4. The number of rotatable bonds is 8. The number of hydrogen-bond donors (Lipinski definition) is 1. The van der Waals surface area contributed by atoms with Gasteiger partial charge in [-0.25, -0.2) is 0 Å². The number of nitrogens with one attached hydrogen (secondary N) is 1. The van der Waals surface area contributed by atoms with Crippen LogP contribution in [0.3, 0.4) is 0 Å². The third kappa shape index (κ3) is 6.67. The number of anilines is 3. The molecule has 4 aromatic rings. The van der Waals surface area contributed by atoms with Crippen LogP contribution in [0.15, 0.2) is 103 Å². The summed E-state index contributed by atoms with van der Waals surface area (Å²) in [4.78, 5) is 33.3. The lowest BCUT2D eigenvalue weighted by atomic mass is 9.99. The van der Waals surface area contributed by atoms with Crippen LogP contribution in [0.2, 0.25) is 0 Å². The van der Waals surface area contributed by atoms with Crippen molar-refractivity contribution < 1.29 is 9.59 Å². The van der Waals surface area contributed by atoms with Gasteiger partial charge in [0.2, 0.25) is 0 Å². The van der Waals surface area contributed by atoms with E-state index in [9.17, 15) is 9.59 Å². The van der Waals surface area contributed by atoms with Crippen LogP contribution in [0.4, 0.5) is 17.1 Å². The van der Waals surface area contributed by atoms with E-state index in [1.807, 2.05) is 79.8 Å². The Kier molecular flexibility index (Phi) is 8.80. The summed E-state index contributed by atoms with van der Waals surface area (Å²) < 4.78 is 0. The van der Waals surface area contributed by atoms with Gasteiger partial charge < -0.3 is 15.1 Å². The molecule has 0 saturated carbocycles. The first-order valence-electron chi connectivity index (χ1n) is 14.3. The van der Waals surface area contributed by atoms with Gasteiger partial charge in [0.1, 0.15) is 0 Å². The van der Waals surface area contributed by atoms with Gasteiger partial charge in [-0.05, 0) is 59.5 Å². The third-order valence-corrected chi connectivity index (χ3v) is 7.53. The first kappa shape index (κ1) is 28.1. The Hall–Kier alpha value is -4.42. The molecule has 6 nitrogen and oxygen atoms in total. The topological polar surface area (TPSA) is 55.9 Å². The fourth-order valence-corrected chi connectivity index (χ4v) is 5.45. The summed E-state index contributed by atoms with van der Waals surface area (Å²) in [6.07, 6.45) is 0. The predicted molar refractivity (Wildman–Crippen MR) is 169 cm³/mol. The van der Waals surface area contributed by atoms with Gasteiger partial charge in [-0.15, -0.1) is 0 Å². The monoisotopic (exact) mass is 546 g/mol. The number of para-hydroxylation sites is 2. The first-order chi connectivity index (χ1) is 19.9. The van der Waals surface area contributed by atoms with E-state index >= 15 is 0 Å². The molecular formula is C35H38N4O2. The van der Waals surface area contributed by atoms with Crippen molar-refractivity contribution in [2.45, 2.75) is 13.8 Å². The van der Waals surface area contributed by atoms with Crippen LogP contribution in [-0.4, -0.2) is 56.5 Å². The van der Waals surface area contributed by atoms with E-state index in [1.165, 1.54) is 0 Å². The van der Waals surface area contributed by atoms with Crippen LogP contribution in [0.1, 0.15) is 34.6 Å². The van der Waals surface area contributed by atoms with Gasteiger partial charge in [-0.3, -0.25) is 14.5 Å². The third-order valence-electron chi connectivity index (χ3n) is 7.53. The fourth-order valence-electron chi connectivity index (χ4n) is 5.45. The normalized spacial score (nSPS) is 13.7. The molecule has 1 aliphatic rings. The van der Waals surface area contributed by atoms with Crippen LogP contribution in [-0.2, 0) is 0 Å². The minimum absolute atomic E-state index is 0.0943. The molecule has 0 aromatic heterocycles. The van der Waals surface area contributed by atoms with Gasteiger partial charge in [-0.2, -0.15) is 0 Å². The van der Waals surface area contributed by atoms with Crippen LogP contribution >= 0.6 is 0 Å². The zero-order valence-electron chi connectivity index (χ0n) is 24.1. The zero-order chi connectivity index (χ0) is 28.8. The summed E-state index contributed by atoms with van der Waals surface area (Å²) >= 11 is 0. The highest BCUT2D eigenvalue weighted by molar-refractivity contribution is 6.10. The molecule has 1 heterocycles. The van der Waals surface area contributed by atoms with E-state index in [-0.39, 0.29) is 11.8 Å². The van der Waals surface area contributed by atoms with Crippen LogP contribution in [0.5, 0.6) is 0 Å². The average Bonchev–Trinajstić information content (AvgIpc) is 3.01. The lowest BCUT2D eigenvalue weighted by Gasteiger charge is -2.38. The van der Waals surface area contributed by atoms with E-state index in [0.717, 1.165) is 55.2 Å². The fraction of sp³-hybridized carbons (Fsp3) is 0.257. The Morgan fingerprint density at radius 2 is 1.41 bits per heavy atom. The first-order valence-corrected chi connectivity index (χ1v) is 14.3. The van der Waals surface area contributed by atoms with Crippen LogP contribution in [0.25, 0.3) is 11.1 Å². The van der Waals surface area contributed by atoms with Crippen molar-refractivity contribution in [3.05, 3.63) is 114 Å². The Bertz CT molecular complexity index is 1480. The Morgan fingerprint density at radius 3 is 2.12 bits per heavy atom. The molecule has 0 spiro atoms. The van der Waals surface area contributed by atoms with E-state index in [1.54, 1.807) is 29.2 Å². The standard InChI is InChI=1S/C35H38N4O2/c1-26(2)25-38-21-23-39(24-22-38)33-16-10-9-15-32(33)37(3)35(41)28-17-19-29(20-18-28)36-34(40)31-14-8-7-13-30(31)27-11-5-4-6-12-27/h4-20,26H,21-25H2,1-3H3,(H,36,40). The highest BCUT2D eigenvalue weighted by Gasteiger charge is 2.23. The summed E-state index contributed by atoms with van der Waals surface area (Å²) in [5.74, 6) is 0.369. The van der Waals surface area contributed by atoms with E-state index in [4.69, 9.17) is 0 Å². The number of carbonyl (C=O) groups excluding carboxylic acids is 2. The Labute approximate surface area is 243 Å². The second-order valence-corrected chi connectivity index (χ2v) is 11.0. The molecule has 5 rings (SSSR count). The van der Waals surface area contributed by atoms with Crippen molar-refractivity contribution >= 4 is 28.9 Å². The minimum Gasteiger partial charge on any atom is -0.367 e. The zero-order valence-corrected chi connectivity index (χ0v) is 24.1. The van der Waals surface area contributed by atoms with Crippen molar-refractivity contribution in [1.29, 1.82) is 0 Å². The number of nitrogens with zero attached hydrogens (tertiary/aromatic N) is 3. The quantitative estimate of drug-likeness (QED) is 0.269. The van der Waals surface area contributed by atoms with Crippen LogP contribution < -0.4 is 15.1 Å². The maximum absolute atomic E-state index is 13.5. The van der Waals surface area contributed by atoms with Crippen molar-refractivity contribution in [3.8, 4) is 11.1 Å². The Morgan fingerprint density at radius 1 is 0.780 bits per heavy atom. The van der Waals surface area contributed by atoms with Gasteiger partial charge in [0.05, 0.1) is 11.4 Å². The molecule has 210 valence electrons. The summed E-state index contributed by atoms with van der Waals surface area (Å²) in [6.45, 7) is 9.55. The molecule has 2 amide bonds. The SMILES string of the molecule is CC(C)CN1CCN(c2ccccc2N(C)C(=O)c2ccc(NC(=O)c3ccccc3-c3ccccc3)cc2)CC1. The number of carbonyl (C=O) groups is 2. The van der Waals surface area contributed by atoms with Gasteiger partial charge in [0.15, 0.2) is 0 Å². The predicted octanol–water partition coefficient (Wildman–Crippen LogP) is 6.66. The van der Waals surface area contributed by atoms with E-state index < -0.39 is 0 Å². The highest BCUT2D eigenvalue weighted by Crippen LogP contribution is 2.31. The molecule has 1 aliphatic heterocycles. The number of amides is 2. The molecule has 0 aliphatic carbocycles. The molecule has 0 bridgehead atoms. The van der Waals surface area contributed by atoms with Crippen molar-refractivity contribution in [2.75, 3.05) is 54.9 Å². The largest absolute Gasteiger partial charge is 0.367 e. The molecule has 6 heteroatoms. The van der Waals surface area contributed by atoms with Crippen molar-refractivity contribution in [3.63, 3.8) is 0 Å². The van der Waals surface area contributed by atoms with Gasteiger partial charge in [0.25, 0.3) is 11.8 Å². The van der Waals surface area contributed by atoms with Crippen molar-refractivity contribution in [1.82, 2.24) is 4.90 Å². The Balaban J connectivity index is 1.27. The average molecular weight is 547 g/mol. The van der Waals surface area contributed by atoms with Crippen molar-refractivity contribution in [2.24, 2.45) is 5.92 Å². The number of piperazine rings is 1. The molecule has 1 saturated heterocycles. The minimum atomic E-state index is -0.192. The number of hydrogen-bond acceptors (Lipinski definition) is 4. The van der Waals surface area contributed by atoms with E-state index in [0.29, 0.717) is 22.7 Å². The maximum atomic E-state index is 13.5. The molecule has 41 heavy (non-hydrogen) atoms. The smallest absolute Gasteiger partial charge is 0.258 e. The highest BCUT2D eigenvalue weighted by atomic mass is 16.2. The molecule has 1 N–H and O–H groups in total. The van der Waals surface area contributed by atoms with Gasteiger partial charge in [-0.1, -0.05) is 74.5 Å². The van der Waals surface area contributed by atoms with E-state index in [2.05, 4.69) is 35.0 Å². The molecule has 4 aromatic carbocycles. The summed E-state index contributed by atoms with van der Waals surface area (Å²) in [7, 11) is 1.83. The molecule has 1 fully saturated rings. The van der Waals surface area contributed by atoms with Gasteiger partial charge >= 0.3 is 0 Å².